The van der Waals surface area contributed by atoms with Crippen molar-refractivity contribution in [3.63, 3.8) is 0 Å². The van der Waals surface area contributed by atoms with Crippen LogP contribution in [-0.2, 0) is 13.1 Å². The quantitative estimate of drug-likeness (QED) is 0.806. The fourth-order valence-electron chi connectivity index (χ4n) is 3.30. The maximum Gasteiger partial charge on any atom is 0.145 e. The van der Waals surface area contributed by atoms with Gasteiger partial charge in [-0.3, -0.25) is 4.90 Å². The van der Waals surface area contributed by atoms with Gasteiger partial charge in [0.15, 0.2) is 0 Å². The predicted octanol–water partition coefficient (Wildman–Crippen LogP) is 3.02. The molecule has 0 aliphatic carbocycles. The Balaban J connectivity index is 1.77. The number of rotatable bonds is 6. The van der Waals surface area contributed by atoms with E-state index in [0.29, 0.717) is 17.9 Å². The van der Waals surface area contributed by atoms with E-state index in [4.69, 9.17) is 9.72 Å². The van der Waals surface area contributed by atoms with Gasteiger partial charge < -0.3 is 9.64 Å². The third-order valence-corrected chi connectivity index (χ3v) is 4.51. The summed E-state index contributed by atoms with van der Waals surface area (Å²) in [5, 5.41) is 0. The fourth-order valence-corrected chi connectivity index (χ4v) is 3.30. The van der Waals surface area contributed by atoms with Crippen molar-refractivity contribution in [2.45, 2.75) is 32.0 Å². The molecule has 0 spiro atoms. The molecule has 0 saturated carbocycles. The molecule has 3 rings (SSSR count). The van der Waals surface area contributed by atoms with Gasteiger partial charge in [0.1, 0.15) is 17.4 Å². The van der Waals surface area contributed by atoms with Gasteiger partial charge in [-0.15, -0.1) is 0 Å². The van der Waals surface area contributed by atoms with E-state index in [1.807, 2.05) is 26.4 Å². The van der Waals surface area contributed by atoms with E-state index in [1.165, 1.54) is 6.07 Å². The van der Waals surface area contributed by atoms with Crippen LogP contribution in [0.4, 0.5) is 4.39 Å². The van der Waals surface area contributed by atoms with Crippen molar-refractivity contribution in [3.05, 3.63) is 53.4 Å². The van der Waals surface area contributed by atoms with Crippen LogP contribution >= 0.6 is 0 Å². The number of hydrogen-bond acceptors (Lipinski definition) is 5. The molecule has 6 heteroatoms. The fraction of sp³-hybridized carbons (Fsp3) is 0.474. The van der Waals surface area contributed by atoms with Crippen LogP contribution in [0, 0.1) is 5.82 Å². The van der Waals surface area contributed by atoms with E-state index < -0.39 is 0 Å². The van der Waals surface area contributed by atoms with Crippen molar-refractivity contribution in [1.82, 2.24) is 19.8 Å². The lowest BCUT2D eigenvalue weighted by Crippen LogP contribution is -2.25. The van der Waals surface area contributed by atoms with Gasteiger partial charge in [-0.25, -0.2) is 14.4 Å². The van der Waals surface area contributed by atoms with Crippen LogP contribution in [0.2, 0.25) is 0 Å². The highest BCUT2D eigenvalue weighted by atomic mass is 19.1. The predicted molar refractivity (Wildman–Crippen MR) is 94.8 cm³/mol. The summed E-state index contributed by atoms with van der Waals surface area (Å²) in [6.45, 7) is 2.27. The Hall–Kier alpha value is -2.05. The topological polar surface area (TPSA) is 41.5 Å². The summed E-state index contributed by atoms with van der Waals surface area (Å²) in [6.07, 6.45) is 3.90. The van der Waals surface area contributed by atoms with Gasteiger partial charge in [-0.2, -0.15) is 0 Å². The van der Waals surface area contributed by atoms with Crippen molar-refractivity contribution < 1.29 is 9.13 Å². The van der Waals surface area contributed by atoms with Crippen molar-refractivity contribution in [2.75, 3.05) is 27.7 Å². The summed E-state index contributed by atoms with van der Waals surface area (Å²) >= 11 is 0. The molecule has 134 valence electrons. The summed E-state index contributed by atoms with van der Waals surface area (Å²) in [7, 11) is 5.59. The zero-order valence-electron chi connectivity index (χ0n) is 15.1. The maximum absolute atomic E-state index is 14.3. The first kappa shape index (κ1) is 17.8. The second-order valence-corrected chi connectivity index (χ2v) is 6.73. The Morgan fingerprint density at radius 2 is 2.16 bits per heavy atom. The van der Waals surface area contributed by atoms with Crippen LogP contribution in [0.1, 0.15) is 36.0 Å². The number of methoxy groups -OCH3 is 1. The van der Waals surface area contributed by atoms with Crippen molar-refractivity contribution in [3.8, 4) is 5.75 Å². The van der Waals surface area contributed by atoms with Gasteiger partial charge in [-0.05, 0) is 45.6 Å². The molecule has 5 nitrogen and oxygen atoms in total. The minimum atomic E-state index is -0.229. The summed E-state index contributed by atoms with van der Waals surface area (Å²) in [6, 6.07) is 7.13. The summed E-state index contributed by atoms with van der Waals surface area (Å²) in [5.74, 6) is 1.15. The van der Waals surface area contributed by atoms with E-state index in [0.717, 1.165) is 37.4 Å². The highest BCUT2D eigenvalue weighted by molar-refractivity contribution is 5.29. The van der Waals surface area contributed by atoms with Gasteiger partial charge >= 0.3 is 0 Å². The Morgan fingerprint density at radius 1 is 1.32 bits per heavy atom. The molecule has 1 saturated heterocycles. The first-order chi connectivity index (χ1) is 12.1. The number of likely N-dealkylation sites (tertiary alicyclic amines) is 1. The molecule has 25 heavy (non-hydrogen) atoms. The van der Waals surface area contributed by atoms with Crippen LogP contribution in [0.5, 0.6) is 5.75 Å². The van der Waals surface area contributed by atoms with Crippen LogP contribution in [0.25, 0.3) is 0 Å². The second kappa shape index (κ2) is 7.89. The highest BCUT2D eigenvalue weighted by Gasteiger charge is 2.29. The Kier molecular flexibility index (Phi) is 5.60. The summed E-state index contributed by atoms with van der Waals surface area (Å²) in [5.41, 5.74) is 1.69. The van der Waals surface area contributed by atoms with Crippen LogP contribution in [-0.4, -0.2) is 47.5 Å². The Labute approximate surface area is 148 Å². The molecule has 1 aliphatic heterocycles. The lowest BCUT2D eigenvalue weighted by Gasteiger charge is -2.24. The normalized spacial score (nSPS) is 18.0. The molecule has 2 aromatic rings. The van der Waals surface area contributed by atoms with E-state index in [9.17, 15) is 4.39 Å². The zero-order valence-corrected chi connectivity index (χ0v) is 15.1. The molecule has 1 aliphatic rings. The van der Waals surface area contributed by atoms with Crippen molar-refractivity contribution in [2.24, 2.45) is 0 Å². The number of benzene rings is 1. The number of nitrogens with zero attached hydrogens (tertiary/aromatic N) is 4. The summed E-state index contributed by atoms with van der Waals surface area (Å²) < 4.78 is 19.4. The molecule has 1 fully saturated rings. The van der Waals surface area contributed by atoms with Gasteiger partial charge in [0.05, 0.1) is 18.8 Å². The number of aromatic nitrogens is 2. The third kappa shape index (κ3) is 4.32. The highest BCUT2D eigenvalue weighted by Crippen LogP contribution is 2.32. The van der Waals surface area contributed by atoms with Crippen LogP contribution < -0.4 is 4.74 Å². The van der Waals surface area contributed by atoms with Crippen LogP contribution in [0.15, 0.2) is 30.5 Å². The van der Waals surface area contributed by atoms with E-state index >= 15 is 0 Å². The molecule has 1 atom stereocenters. The first-order valence-corrected chi connectivity index (χ1v) is 8.60. The van der Waals surface area contributed by atoms with Crippen molar-refractivity contribution in [1.29, 1.82) is 0 Å². The average molecular weight is 344 g/mol. The van der Waals surface area contributed by atoms with Gasteiger partial charge in [0.25, 0.3) is 0 Å². The molecule has 1 unspecified atom stereocenters. The van der Waals surface area contributed by atoms with Gasteiger partial charge in [0.2, 0.25) is 0 Å². The monoisotopic (exact) mass is 344 g/mol. The molecule has 2 heterocycles. The van der Waals surface area contributed by atoms with E-state index in [2.05, 4.69) is 14.8 Å². The number of ether oxygens (including phenoxy) is 1. The van der Waals surface area contributed by atoms with E-state index in [-0.39, 0.29) is 11.9 Å². The maximum atomic E-state index is 14.3. The van der Waals surface area contributed by atoms with Crippen molar-refractivity contribution >= 4 is 0 Å². The molecule has 0 N–H and O–H groups in total. The molecule has 1 aromatic carbocycles. The molecule has 0 bridgehead atoms. The standard InChI is InChI=1S/C19H25FN4O/c1-23(2)13-15-8-9-21-19(22-15)18-5-4-10-24(18)12-14-6-7-16(25-3)11-17(14)20/h6-9,11,18H,4-5,10,12-13H2,1-3H3. The Morgan fingerprint density at radius 3 is 2.88 bits per heavy atom. The van der Waals surface area contributed by atoms with E-state index in [1.54, 1.807) is 19.2 Å². The second-order valence-electron chi connectivity index (χ2n) is 6.73. The largest absolute Gasteiger partial charge is 0.497 e. The molecular weight excluding hydrogens is 319 g/mol. The van der Waals surface area contributed by atoms with Gasteiger partial charge in [0, 0.05) is 30.9 Å². The lowest BCUT2D eigenvalue weighted by atomic mass is 10.1. The zero-order chi connectivity index (χ0) is 17.8. The van der Waals surface area contributed by atoms with Crippen LogP contribution in [0.3, 0.4) is 0 Å². The lowest BCUT2D eigenvalue weighted by molar-refractivity contribution is 0.235. The molecule has 0 amide bonds. The minimum absolute atomic E-state index is 0.142. The van der Waals surface area contributed by atoms with Gasteiger partial charge in [-0.1, -0.05) is 6.07 Å². The molecule has 0 radical (unpaired) electrons. The summed E-state index contributed by atoms with van der Waals surface area (Å²) in [4.78, 5) is 13.6. The number of halogens is 1. The number of hydrogen-bond donors (Lipinski definition) is 0. The minimum Gasteiger partial charge on any atom is -0.497 e. The molecular formula is C19H25FN4O. The molecule has 1 aromatic heterocycles. The SMILES string of the molecule is COc1ccc(CN2CCCC2c2nccc(CN(C)C)n2)c(F)c1. The first-order valence-electron chi connectivity index (χ1n) is 8.60. The smallest absolute Gasteiger partial charge is 0.145 e. The average Bonchev–Trinajstić information content (AvgIpc) is 3.04. The third-order valence-electron chi connectivity index (χ3n) is 4.51. The Bertz CT molecular complexity index is 722.